The number of nitrogens with zero attached hydrogens (tertiary/aromatic N) is 1. The smallest absolute Gasteiger partial charge is 0.261 e. The highest BCUT2D eigenvalue weighted by atomic mass is 16.2. The fourth-order valence-corrected chi connectivity index (χ4v) is 4.27. The van der Waals surface area contributed by atoms with Crippen LogP contribution in [0.1, 0.15) is 42.2 Å². The summed E-state index contributed by atoms with van der Waals surface area (Å²) in [6.07, 6.45) is 3.21. The molecule has 33 heavy (non-hydrogen) atoms. The zero-order valence-electron chi connectivity index (χ0n) is 18.0. The van der Waals surface area contributed by atoms with Gasteiger partial charge in [0, 0.05) is 35.8 Å². The Bertz CT molecular complexity index is 1320. The van der Waals surface area contributed by atoms with E-state index in [0.717, 1.165) is 22.0 Å². The molecule has 0 atom stereocenters. The van der Waals surface area contributed by atoms with Gasteiger partial charge in [-0.1, -0.05) is 36.4 Å². The summed E-state index contributed by atoms with van der Waals surface area (Å²) in [5.41, 5.74) is 4.76. The molecule has 4 aromatic rings. The Kier molecular flexibility index (Phi) is 5.48. The Morgan fingerprint density at radius 1 is 0.848 bits per heavy atom. The van der Waals surface area contributed by atoms with Crippen LogP contribution < -0.4 is 5.32 Å². The largest absolute Gasteiger partial charge is 0.361 e. The van der Waals surface area contributed by atoms with Crippen LogP contribution in [0, 0.1) is 0 Å². The van der Waals surface area contributed by atoms with Crippen molar-refractivity contribution in [2.24, 2.45) is 0 Å². The number of nitrogens with one attached hydrogen (secondary N) is 2. The highest BCUT2D eigenvalue weighted by molar-refractivity contribution is 6.21. The first-order valence-electron chi connectivity index (χ1n) is 11.0. The third-order valence-electron chi connectivity index (χ3n) is 6.05. The number of aromatic nitrogens is 1. The second kappa shape index (κ2) is 8.74. The van der Waals surface area contributed by atoms with Crippen LogP contribution in [0.3, 0.4) is 0 Å². The van der Waals surface area contributed by atoms with Crippen molar-refractivity contribution < 1.29 is 14.4 Å². The van der Waals surface area contributed by atoms with E-state index in [9.17, 15) is 14.4 Å². The van der Waals surface area contributed by atoms with Gasteiger partial charge >= 0.3 is 0 Å². The summed E-state index contributed by atoms with van der Waals surface area (Å²) in [7, 11) is 0. The third-order valence-corrected chi connectivity index (χ3v) is 6.05. The van der Waals surface area contributed by atoms with Crippen molar-refractivity contribution in [2.45, 2.75) is 12.8 Å². The molecular formula is C27H23N3O3. The predicted molar refractivity (Wildman–Crippen MR) is 126 cm³/mol. The van der Waals surface area contributed by atoms with Crippen LogP contribution in [0.2, 0.25) is 0 Å². The van der Waals surface area contributed by atoms with Crippen molar-refractivity contribution in [2.75, 3.05) is 13.1 Å². The van der Waals surface area contributed by atoms with E-state index < -0.39 is 0 Å². The van der Waals surface area contributed by atoms with E-state index in [1.807, 2.05) is 36.5 Å². The predicted octanol–water partition coefficient (Wildman–Crippen LogP) is 3.98. The molecule has 0 spiro atoms. The number of amides is 3. The van der Waals surface area contributed by atoms with Crippen molar-refractivity contribution in [3.05, 3.63) is 107 Å². The molecule has 2 heterocycles. The molecule has 0 bridgehead atoms. The van der Waals surface area contributed by atoms with E-state index in [-0.39, 0.29) is 17.7 Å². The second-order valence-corrected chi connectivity index (χ2v) is 8.12. The number of imide groups is 1. The molecule has 1 aliphatic rings. The van der Waals surface area contributed by atoms with E-state index in [1.54, 1.807) is 36.4 Å². The quantitative estimate of drug-likeness (QED) is 0.429. The van der Waals surface area contributed by atoms with Gasteiger partial charge in [0.1, 0.15) is 0 Å². The molecule has 164 valence electrons. The van der Waals surface area contributed by atoms with Crippen molar-refractivity contribution in [1.29, 1.82) is 0 Å². The normalized spacial score (nSPS) is 12.9. The van der Waals surface area contributed by atoms with Crippen molar-refractivity contribution >= 4 is 28.6 Å². The molecule has 0 saturated carbocycles. The number of aromatic amines is 1. The van der Waals surface area contributed by atoms with Gasteiger partial charge in [-0.3, -0.25) is 19.3 Å². The van der Waals surface area contributed by atoms with Crippen molar-refractivity contribution in [1.82, 2.24) is 15.2 Å². The fraction of sp³-hybridized carbons (Fsp3) is 0.148. The van der Waals surface area contributed by atoms with E-state index in [4.69, 9.17) is 0 Å². The summed E-state index contributed by atoms with van der Waals surface area (Å²) in [6, 6.07) is 22.3. The van der Waals surface area contributed by atoms with Gasteiger partial charge in [-0.15, -0.1) is 0 Å². The van der Waals surface area contributed by atoms with E-state index in [0.29, 0.717) is 42.6 Å². The summed E-state index contributed by atoms with van der Waals surface area (Å²) in [5.74, 6) is -0.546. The average Bonchev–Trinajstić information content (AvgIpc) is 3.36. The SMILES string of the molecule is O=C(NCCc1ccc2[nH]cc(CCN3C(=O)c4ccccc4C3=O)c2c1)c1ccccc1. The van der Waals surface area contributed by atoms with Gasteiger partial charge in [0.2, 0.25) is 0 Å². The van der Waals surface area contributed by atoms with Gasteiger partial charge in [0.05, 0.1) is 11.1 Å². The molecule has 3 amide bonds. The van der Waals surface area contributed by atoms with Crippen LogP contribution >= 0.6 is 0 Å². The van der Waals surface area contributed by atoms with E-state index in [2.05, 4.69) is 16.4 Å². The Labute approximate surface area is 191 Å². The van der Waals surface area contributed by atoms with Crippen LogP contribution in [-0.2, 0) is 12.8 Å². The van der Waals surface area contributed by atoms with E-state index >= 15 is 0 Å². The maximum atomic E-state index is 12.6. The Hall–Kier alpha value is -4.19. The molecule has 5 rings (SSSR count). The number of rotatable bonds is 7. The first kappa shape index (κ1) is 20.7. The summed E-state index contributed by atoms with van der Waals surface area (Å²) in [6.45, 7) is 0.866. The molecule has 0 unspecified atom stereocenters. The molecule has 2 N–H and O–H groups in total. The molecule has 0 aliphatic carbocycles. The van der Waals surface area contributed by atoms with Crippen LogP contribution in [-0.4, -0.2) is 40.7 Å². The molecule has 0 fully saturated rings. The number of fused-ring (bicyclic) bond motifs is 2. The zero-order chi connectivity index (χ0) is 22.8. The van der Waals surface area contributed by atoms with Crippen LogP contribution in [0.15, 0.2) is 79.0 Å². The maximum absolute atomic E-state index is 12.6. The lowest BCUT2D eigenvalue weighted by Gasteiger charge is -2.13. The number of carbonyl (C=O) groups is 3. The molecule has 0 radical (unpaired) electrons. The average molecular weight is 437 g/mol. The van der Waals surface area contributed by atoms with Crippen molar-refractivity contribution in [3.63, 3.8) is 0 Å². The maximum Gasteiger partial charge on any atom is 0.261 e. The van der Waals surface area contributed by atoms with Crippen LogP contribution in [0.4, 0.5) is 0 Å². The Morgan fingerprint density at radius 2 is 1.55 bits per heavy atom. The summed E-state index contributed by atoms with van der Waals surface area (Å²) in [5, 5.41) is 4.02. The van der Waals surface area contributed by atoms with Gasteiger partial charge < -0.3 is 10.3 Å². The highest BCUT2D eigenvalue weighted by Gasteiger charge is 2.34. The number of carbonyl (C=O) groups excluding carboxylic acids is 3. The van der Waals surface area contributed by atoms with Crippen LogP contribution in [0.5, 0.6) is 0 Å². The minimum atomic E-state index is -0.231. The monoisotopic (exact) mass is 437 g/mol. The molecule has 1 aromatic heterocycles. The van der Waals surface area contributed by atoms with Gasteiger partial charge in [-0.05, 0) is 60.4 Å². The highest BCUT2D eigenvalue weighted by Crippen LogP contribution is 2.25. The number of hydrogen-bond donors (Lipinski definition) is 2. The van der Waals surface area contributed by atoms with Crippen LogP contribution in [0.25, 0.3) is 10.9 Å². The first-order valence-corrected chi connectivity index (χ1v) is 11.0. The minimum absolute atomic E-state index is 0.0834. The molecular weight excluding hydrogens is 414 g/mol. The summed E-state index contributed by atoms with van der Waals surface area (Å²) in [4.78, 5) is 42.1. The second-order valence-electron chi connectivity index (χ2n) is 8.12. The number of benzene rings is 3. The Balaban J connectivity index is 1.24. The number of hydrogen-bond acceptors (Lipinski definition) is 3. The van der Waals surface area contributed by atoms with E-state index in [1.165, 1.54) is 4.90 Å². The minimum Gasteiger partial charge on any atom is -0.361 e. The van der Waals surface area contributed by atoms with Crippen molar-refractivity contribution in [3.8, 4) is 0 Å². The first-order chi connectivity index (χ1) is 16.1. The molecule has 1 aliphatic heterocycles. The topological polar surface area (TPSA) is 82.3 Å². The summed E-state index contributed by atoms with van der Waals surface area (Å²) >= 11 is 0. The van der Waals surface area contributed by atoms with Gasteiger partial charge in [0.15, 0.2) is 0 Å². The third kappa shape index (κ3) is 4.03. The fourth-order valence-electron chi connectivity index (χ4n) is 4.27. The standard InChI is InChI=1S/C27H23N3O3/c31-25(19-6-2-1-3-7-19)28-14-12-18-10-11-24-23(16-18)20(17-29-24)13-15-30-26(32)21-8-4-5-9-22(21)27(30)33/h1-11,16-17,29H,12-15H2,(H,28,31). The zero-order valence-corrected chi connectivity index (χ0v) is 18.0. The van der Waals surface area contributed by atoms with Gasteiger partial charge in [0.25, 0.3) is 17.7 Å². The molecule has 0 saturated heterocycles. The Morgan fingerprint density at radius 3 is 2.27 bits per heavy atom. The lowest BCUT2D eigenvalue weighted by molar-refractivity contribution is 0.0656. The number of H-pyrrole nitrogens is 1. The molecule has 6 nitrogen and oxygen atoms in total. The molecule has 6 heteroatoms. The molecule has 3 aromatic carbocycles. The van der Waals surface area contributed by atoms with Gasteiger partial charge in [-0.2, -0.15) is 0 Å². The lowest BCUT2D eigenvalue weighted by atomic mass is 10.1. The van der Waals surface area contributed by atoms with Gasteiger partial charge in [-0.25, -0.2) is 0 Å². The summed E-state index contributed by atoms with van der Waals surface area (Å²) < 4.78 is 0. The lowest BCUT2D eigenvalue weighted by Crippen LogP contribution is -2.31.